The van der Waals surface area contributed by atoms with Crippen molar-refractivity contribution in [2.75, 3.05) is 19.7 Å². The molecule has 6 aliphatic rings. The summed E-state index contributed by atoms with van der Waals surface area (Å²) >= 11 is 0. The first-order valence-electron chi connectivity index (χ1n) is 19.6. The van der Waals surface area contributed by atoms with Gasteiger partial charge in [-0.2, -0.15) is 0 Å². The number of allylic oxidation sites excluding steroid dienone is 2. The highest BCUT2D eigenvalue weighted by Crippen LogP contribution is 2.66. The molecule has 2 heterocycles. The molecule has 0 radical (unpaired) electrons. The largest absolute Gasteiger partial charge is 0.448 e. The number of ether oxygens (including phenoxy) is 2. The summed E-state index contributed by atoms with van der Waals surface area (Å²) in [7, 11) is 0. The molecule has 1 amide bonds. The summed E-state index contributed by atoms with van der Waals surface area (Å²) in [5.74, 6) is -0.802. The Morgan fingerprint density at radius 2 is 1.73 bits per heavy atom. The number of ketones is 1. The molecular weight excluding hydrogens is 654 g/mol. The number of carbonyl (C=O) groups is 3. The molecule has 4 bridgehead atoms. The van der Waals surface area contributed by atoms with Gasteiger partial charge in [-0.1, -0.05) is 74.9 Å². The number of benzene rings is 2. The van der Waals surface area contributed by atoms with Crippen molar-refractivity contribution in [3.05, 3.63) is 82.4 Å². The SMILES string of the molecule is CC1=CCC[C@@]2(C)[C@@H](CC[C@@]2(O)CN(C[C@H]2CCCO2)C(=O)[C@@]23CC[C@@](C)(C(=O)O2)C3(C)C)c2ccc(cc2C(=O)c2ccccc2)C[C@@H](O)CC1. The summed E-state index contributed by atoms with van der Waals surface area (Å²) in [5.41, 5.74) is -0.581. The minimum atomic E-state index is -1.31. The Labute approximate surface area is 309 Å². The van der Waals surface area contributed by atoms with Crippen LogP contribution in [0.1, 0.15) is 132 Å². The fourth-order valence-electron chi connectivity index (χ4n) is 10.5. The average Bonchev–Trinajstić information content (AvgIpc) is 3.81. The number of aliphatic hydroxyl groups excluding tert-OH is 1. The van der Waals surface area contributed by atoms with Gasteiger partial charge in [0.05, 0.1) is 29.8 Å². The zero-order valence-electron chi connectivity index (χ0n) is 31.7. The molecule has 7 atom stereocenters. The molecule has 0 spiro atoms. The van der Waals surface area contributed by atoms with E-state index < -0.39 is 33.6 Å². The van der Waals surface area contributed by atoms with Crippen LogP contribution in [0.15, 0.2) is 60.2 Å². The van der Waals surface area contributed by atoms with E-state index in [1.165, 1.54) is 5.57 Å². The number of hydrogen-bond donors (Lipinski definition) is 2. The molecule has 0 aromatic heterocycles. The topological polar surface area (TPSA) is 113 Å². The van der Waals surface area contributed by atoms with Gasteiger partial charge in [-0.05, 0) is 108 Å². The van der Waals surface area contributed by atoms with Crippen LogP contribution in [0.5, 0.6) is 0 Å². The number of amides is 1. The summed E-state index contributed by atoms with van der Waals surface area (Å²) in [5, 5.41) is 24.2. The third-order valence-corrected chi connectivity index (χ3v) is 14.6. The Morgan fingerprint density at radius 3 is 2.40 bits per heavy atom. The molecule has 4 fully saturated rings. The van der Waals surface area contributed by atoms with Gasteiger partial charge >= 0.3 is 5.97 Å². The number of nitrogens with zero attached hydrogens (tertiary/aromatic N) is 1. The Morgan fingerprint density at radius 1 is 0.962 bits per heavy atom. The molecule has 2 aromatic carbocycles. The van der Waals surface area contributed by atoms with Crippen LogP contribution in [-0.2, 0) is 25.5 Å². The number of fused-ring (bicyclic) bond motifs is 10. The van der Waals surface area contributed by atoms with Crippen LogP contribution >= 0.6 is 0 Å². The van der Waals surface area contributed by atoms with E-state index in [4.69, 9.17) is 9.47 Å². The molecule has 280 valence electrons. The van der Waals surface area contributed by atoms with Crippen LogP contribution in [0.25, 0.3) is 0 Å². The molecule has 2 N–H and O–H groups in total. The molecule has 2 aliphatic heterocycles. The molecule has 0 unspecified atom stereocenters. The van der Waals surface area contributed by atoms with Crippen molar-refractivity contribution in [3.8, 4) is 0 Å². The molecule has 8 rings (SSSR count). The summed E-state index contributed by atoms with van der Waals surface area (Å²) in [6.45, 7) is 11.2. The van der Waals surface area contributed by atoms with Crippen LogP contribution < -0.4 is 0 Å². The average molecular weight is 712 g/mol. The Bertz CT molecular complexity index is 1750. The van der Waals surface area contributed by atoms with E-state index in [1.54, 1.807) is 4.90 Å². The predicted octanol–water partition coefficient (Wildman–Crippen LogP) is 7.09. The van der Waals surface area contributed by atoms with E-state index >= 15 is 4.79 Å². The lowest BCUT2D eigenvalue weighted by Gasteiger charge is -2.48. The van der Waals surface area contributed by atoms with Crippen molar-refractivity contribution in [3.63, 3.8) is 0 Å². The zero-order chi connectivity index (χ0) is 37.1. The Hall–Kier alpha value is -3.33. The van der Waals surface area contributed by atoms with Crippen LogP contribution in [0.2, 0.25) is 0 Å². The van der Waals surface area contributed by atoms with Crippen LogP contribution in [0.3, 0.4) is 0 Å². The normalized spacial score (nSPS) is 35.5. The highest BCUT2D eigenvalue weighted by Gasteiger charge is 2.76. The molecule has 2 aromatic rings. The van der Waals surface area contributed by atoms with Gasteiger partial charge in [0.15, 0.2) is 11.4 Å². The second-order valence-corrected chi connectivity index (χ2v) is 17.6. The smallest absolute Gasteiger partial charge is 0.313 e. The molecule has 52 heavy (non-hydrogen) atoms. The molecule has 2 saturated heterocycles. The Kier molecular flexibility index (Phi) is 9.61. The van der Waals surface area contributed by atoms with E-state index in [2.05, 4.69) is 19.9 Å². The highest BCUT2D eigenvalue weighted by atomic mass is 16.6. The molecule has 8 heteroatoms. The van der Waals surface area contributed by atoms with Crippen molar-refractivity contribution >= 4 is 17.7 Å². The standard InChI is InChI=1S/C44H57NO7/c1-29-11-9-20-41(4)36(34-18-16-30(25-32(46)17-15-29)26-35(34)37(47)31-12-7-6-8-13-31)19-21-43(41,50)28-45(27-33-14-10-24-51-33)38(48)44-23-22-42(5,39(49)52-44)40(44,2)3/h6-8,11-13,16,18,26,32-33,36,46,50H,9-10,14-15,17,19-25,27-28H2,1-5H3/t32-,33+,36-,41-,42-,43+,44+/m0/s1. The lowest BCUT2D eigenvalue weighted by Crippen LogP contribution is -2.61. The maximum Gasteiger partial charge on any atom is 0.313 e. The highest BCUT2D eigenvalue weighted by molar-refractivity contribution is 6.10. The van der Waals surface area contributed by atoms with Gasteiger partial charge in [0.2, 0.25) is 0 Å². The van der Waals surface area contributed by atoms with Gasteiger partial charge < -0.3 is 24.6 Å². The first-order chi connectivity index (χ1) is 24.6. The Balaban J connectivity index is 1.30. The first kappa shape index (κ1) is 37.0. The number of aliphatic hydroxyl groups is 2. The van der Waals surface area contributed by atoms with E-state index in [-0.39, 0.29) is 36.2 Å². The van der Waals surface area contributed by atoms with Crippen LogP contribution in [0.4, 0.5) is 0 Å². The quantitative estimate of drug-likeness (QED) is 0.179. The predicted molar refractivity (Wildman–Crippen MR) is 199 cm³/mol. The fourth-order valence-corrected chi connectivity index (χ4v) is 10.5. The summed E-state index contributed by atoms with van der Waals surface area (Å²) in [6.07, 6.45) is 8.60. The van der Waals surface area contributed by atoms with E-state index in [1.807, 2.05) is 69.3 Å². The van der Waals surface area contributed by atoms with Crippen molar-refractivity contribution in [2.24, 2.45) is 16.2 Å². The zero-order valence-corrected chi connectivity index (χ0v) is 31.7. The number of esters is 1. The molecule has 2 saturated carbocycles. The number of rotatable bonds is 7. The van der Waals surface area contributed by atoms with Gasteiger partial charge in [-0.25, -0.2) is 0 Å². The van der Waals surface area contributed by atoms with E-state index in [0.29, 0.717) is 75.6 Å². The van der Waals surface area contributed by atoms with Crippen molar-refractivity contribution in [1.82, 2.24) is 4.90 Å². The monoisotopic (exact) mass is 711 g/mol. The van der Waals surface area contributed by atoms with E-state index in [0.717, 1.165) is 30.4 Å². The van der Waals surface area contributed by atoms with Crippen molar-refractivity contribution in [1.29, 1.82) is 0 Å². The minimum Gasteiger partial charge on any atom is -0.448 e. The van der Waals surface area contributed by atoms with Gasteiger partial charge in [0.25, 0.3) is 5.91 Å². The first-order valence-corrected chi connectivity index (χ1v) is 19.6. The summed E-state index contributed by atoms with van der Waals surface area (Å²) in [6, 6.07) is 15.4. The van der Waals surface area contributed by atoms with Gasteiger partial charge in [-0.15, -0.1) is 0 Å². The lowest BCUT2D eigenvalue weighted by molar-refractivity contribution is -0.178. The summed E-state index contributed by atoms with van der Waals surface area (Å²) in [4.78, 5) is 44.5. The fraction of sp³-hybridized carbons (Fsp3) is 0.614. The summed E-state index contributed by atoms with van der Waals surface area (Å²) < 4.78 is 12.2. The minimum absolute atomic E-state index is 0.0728. The molecule has 4 aliphatic carbocycles. The van der Waals surface area contributed by atoms with Crippen molar-refractivity contribution in [2.45, 2.75) is 135 Å². The maximum absolute atomic E-state index is 15.1. The van der Waals surface area contributed by atoms with Crippen LogP contribution in [0, 0.1) is 16.2 Å². The van der Waals surface area contributed by atoms with Gasteiger partial charge in [0, 0.05) is 35.1 Å². The third kappa shape index (κ3) is 5.88. The van der Waals surface area contributed by atoms with Crippen molar-refractivity contribution < 1.29 is 34.1 Å². The van der Waals surface area contributed by atoms with E-state index in [9.17, 15) is 19.8 Å². The maximum atomic E-state index is 15.1. The number of hydrogen-bond acceptors (Lipinski definition) is 7. The second-order valence-electron chi connectivity index (χ2n) is 17.6. The third-order valence-electron chi connectivity index (χ3n) is 14.6. The molecule has 8 nitrogen and oxygen atoms in total. The number of carbonyl (C=O) groups excluding carboxylic acids is 3. The molecular formula is C44H57NO7. The van der Waals surface area contributed by atoms with Gasteiger partial charge in [-0.3, -0.25) is 14.4 Å². The van der Waals surface area contributed by atoms with Gasteiger partial charge in [0.1, 0.15) is 0 Å². The van der Waals surface area contributed by atoms with Crippen LogP contribution in [-0.4, -0.2) is 75.9 Å². The lowest BCUT2D eigenvalue weighted by atomic mass is 9.64. The second kappa shape index (κ2) is 13.5.